The molecule has 1 aromatic carbocycles. The van der Waals surface area contributed by atoms with Crippen molar-refractivity contribution in [1.29, 1.82) is 0 Å². The number of esters is 1. The summed E-state index contributed by atoms with van der Waals surface area (Å²) in [5.74, 6) is -2.19. The Morgan fingerprint density at radius 1 is 1.24 bits per heavy atom. The SMILES string of the molecule is CC(C)NC(=O)NC(=O)COC(=O)c1cc(=O)c2cc(Cl)ccc2o1. The van der Waals surface area contributed by atoms with Gasteiger partial charge in [-0.25, -0.2) is 9.59 Å². The van der Waals surface area contributed by atoms with Crippen LogP contribution in [0, 0.1) is 0 Å². The van der Waals surface area contributed by atoms with E-state index in [1.54, 1.807) is 13.8 Å². The highest BCUT2D eigenvalue weighted by Crippen LogP contribution is 2.17. The number of carbonyl (C=O) groups excluding carboxylic acids is 3. The quantitative estimate of drug-likeness (QED) is 0.798. The second-order valence-electron chi connectivity index (χ2n) is 5.37. The van der Waals surface area contributed by atoms with Gasteiger partial charge in [-0.2, -0.15) is 0 Å². The average Bonchev–Trinajstić information content (AvgIpc) is 2.52. The fraction of sp³-hybridized carbons (Fsp3) is 0.250. The van der Waals surface area contributed by atoms with E-state index in [4.69, 9.17) is 20.8 Å². The normalized spacial score (nSPS) is 10.6. The predicted molar refractivity (Wildman–Crippen MR) is 89.6 cm³/mol. The number of amides is 3. The van der Waals surface area contributed by atoms with E-state index in [0.29, 0.717) is 5.02 Å². The fourth-order valence-electron chi connectivity index (χ4n) is 1.89. The van der Waals surface area contributed by atoms with E-state index in [2.05, 4.69) is 5.32 Å². The van der Waals surface area contributed by atoms with E-state index in [0.717, 1.165) is 6.07 Å². The van der Waals surface area contributed by atoms with Gasteiger partial charge in [0, 0.05) is 17.1 Å². The number of urea groups is 1. The molecule has 8 nitrogen and oxygen atoms in total. The van der Waals surface area contributed by atoms with E-state index in [9.17, 15) is 19.2 Å². The third-order valence-corrected chi connectivity index (χ3v) is 3.13. The van der Waals surface area contributed by atoms with Crippen LogP contribution in [0.3, 0.4) is 0 Å². The highest BCUT2D eigenvalue weighted by Gasteiger charge is 2.16. The second kappa shape index (κ2) is 7.80. The number of fused-ring (bicyclic) bond motifs is 1. The Morgan fingerprint density at radius 3 is 2.64 bits per heavy atom. The van der Waals surface area contributed by atoms with Crippen molar-refractivity contribution in [1.82, 2.24) is 10.6 Å². The molecule has 0 radical (unpaired) electrons. The summed E-state index contributed by atoms with van der Waals surface area (Å²) >= 11 is 5.80. The minimum Gasteiger partial charge on any atom is -0.450 e. The smallest absolute Gasteiger partial charge is 0.374 e. The summed E-state index contributed by atoms with van der Waals surface area (Å²) in [6, 6.07) is 4.45. The van der Waals surface area contributed by atoms with Gasteiger partial charge in [-0.1, -0.05) is 11.6 Å². The third-order valence-electron chi connectivity index (χ3n) is 2.90. The lowest BCUT2D eigenvalue weighted by molar-refractivity contribution is -0.123. The van der Waals surface area contributed by atoms with Gasteiger partial charge in [-0.05, 0) is 32.0 Å². The molecule has 0 aliphatic heterocycles. The van der Waals surface area contributed by atoms with Crippen LogP contribution in [-0.4, -0.2) is 30.6 Å². The Morgan fingerprint density at radius 2 is 1.96 bits per heavy atom. The van der Waals surface area contributed by atoms with Gasteiger partial charge in [0.1, 0.15) is 5.58 Å². The first-order valence-electron chi connectivity index (χ1n) is 7.27. The van der Waals surface area contributed by atoms with Crippen molar-refractivity contribution in [3.05, 3.63) is 45.3 Å². The largest absolute Gasteiger partial charge is 0.450 e. The van der Waals surface area contributed by atoms with Crippen LogP contribution in [0.15, 0.2) is 33.5 Å². The first-order valence-corrected chi connectivity index (χ1v) is 7.65. The highest BCUT2D eigenvalue weighted by molar-refractivity contribution is 6.31. The number of hydrogen-bond acceptors (Lipinski definition) is 6. The molecule has 0 bridgehead atoms. The van der Waals surface area contributed by atoms with Gasteiger partial charge in [0.2, 0.25) is 5.76 Å². The molecule has 0 unspecified atom stereocenters. The van der Waals surface area contributed by atoms with Crippen molar-refractivity contribution in [2.24, 2.45) is 0 Å². The summed E-state index contributed by atoms with van der Waals surface area (Å²) in [5.41, 5.74) is -0.318. The maximum atomic E-state index is 12.0. The molecule has 0 aliphatic rings. The zero-order chi connectivity index (χ0) is 18.6. The summed E-state index contributed by atoms with van der Waals surface area (Å²) in [7, 11) is 0. The Balaban J connectivity index is 2.03. The molecule has 132 valence electrons. The van der Waals surface area contributed by atoms with Crippen molar-refractivity contribution in [3.8, 4) is 0 Å². The van der Waals surface area contributed by atoms with E-state index in [1.165, 1.54) is 18.2 Å². The van der Waals surface area contributed by atoms with Crippen molar-refractivity contribution in [2.45, 2.75) is 19.9 Å². The summed E-state index contributed by atoms with van der Waals surface area (Å²) in [6.07, 6.45) is 0. The Kier molecular flexibility index (Phi) is 5.76. The van der Waals surface area contributed by atoms with Crippen molar-refractivity contribution in [3.63, 3.8) is 0 Å². The predicted octanol–water partition coefficient (Wildman–Crippen LogP) is 1.84. The Bertz CT molecular complexity index is 890. The molecule has 3 amide bonds. The third kappa shape index (κ3) is 5.05. The lowest BCUT2D eigenvalue weighted by atomic mass is 10.2. The summed E-state index contributed by atoms with van der Waals surface area (Å²) in [6.45, 7) is 2.74. The molecule has 0 spiro atoms. The van der Waals surface area contributed by atoms with Crippen LogP contribution in [0.1, 0.15) is 24.4 Å². The number of nitrogens with one attached hydrogen (secondary N) is 2. The highest BCUT2D eigenvalue weighted by atomic mass is 35.5. The molecule has 9 heteroatoms. The molecule has 0 fully saturated rings. The number of ether oxygens (including phenoxy) is 1. The zero-order valence-corrected chi connectivity index (χ0v) is 14.2. The van der Waals surface area contributed by atoms with Crippen LogP contribution >= 0.6 is 11.6 Å². The van der Waals surface area contributed by atoms with Gasteiger partial charge >= 0.3 is 12.0 Å². The standard InChI is InChI=1S/C16H15ClN2O6/c1-8(2)18-16(23)19-14(21)7-24-15(22)13-6-11(20)10-5-9(17)3-4-12(10)25-13/h3-6,8H,7H2,1-2H3,(H2,18,19,21,23). The number of hydrogen-bond donors (Lipinski definition) is 2. The van der Waals surface area contributed by atoms with Crippen molar-refractivity contribution in [2.75, 3.05) is 6.61 Å². The number of imide groups is 1. The minimum atomic E-state index is -1.01. The fourth-order valence-corrected chi connectivity index (χ4v) is 2.06. The molecule has 1 heterocycles. The topological polar surface area (TPSA) is 115 Å². The molecule has 2 N–H and O–H groups in total. The summed E-state index contributed by atoms with van der Waals surface area (Å²) < 4.78 is 10.0. The van der Waals surface area contributed by atoms with Crippen molar-refractivity contribution < 1.29 is 23.5 Å². The Labute approximate surface area is 147 Å². The lowest BCUT2D eigenvalue weighted by Crippen LogP contribution is -2.44. The maximum absolute atomic E-state index is 12.0. The maximum Gasteiger partial charge on any atom is 0.374 e. The zero-order valence-electron chi connectivity index (χ0n) is 13.4. The first kappa shape index (κ1) is 18.5. The number of halogens is 1. The molecule has 2 aromatic rings. The van der Waals surface area contributed by atoms with Crippen LogP contribution in [0.5, 0.6) is 0 Å². The minimum absolute atomic E-state index is 0.157. The number of carbonyl (C=O) groups is 3. The first-order chi connectivity index (χ1) is 11.8. The van der Waals surface area contributed by atoms with Crippen LogP contribution in [0.2, 0.25) is 5.02 Å². The van der Waals surface area contributed by atoms with Gasteiger partial charge in [-0.3, -0.25) is 14.9 Å². The Hall–Kier alpha value is -2.87. The summed E-state index contributed by atoms with van der Waals surface area (Å²) in [5, 5.41) is 5.00. The van der Waals surface area contributed by atoms with Gasteiger partial charge in [0.25, 0.3) is 5.91 Å². The molecule has 0 saturated carbocycles. The van der Waals surface area contributed by atoms with Crippen LogP contribution in [0.25, 0.3) is 11.0 Å². The molecule has 25 heavy (non-hydrogen) atoms. The van der Waals surface area contributed by atoms with E-state index in [1.807, 2.05) is 5.32 Å². The van der Waals surface area contributed by atoms with Crippen molar-refractivity contribution >= 4 is 40.5 Å². The molecular formula is C16H15ClN2O6. The number of benzene rings is 1. The van der Waals surface area contributed by atoms with E-state index >= 15 is 0 Å². The van der Waals surface area contributed by atoms with Gasteiger partial charge in [0.05, 0.1) is 5.39 Å². The molecule has 0 saturated heterocycles. The van der Waals surface area contributed by atoms with Gasteiger partial charge < -0.3 is 14.5 Å². The monoisotopic (exact) mass is 366 g/mol. The lowest BCUT2D eigenvalue weighted by Gasteiger charge is -2.09. The second-order valence-corrected chi connectivity index (χ2v) is 5.80. The average molecular weight is 367 g/mol. The van der Waals surface area contributed by atoms with Crippen LogP contribution < -0.4 is 16.1 Å². The van der Waals surface area contributed by atoms with Gasteiger partial charge in [-0.15, -0.1) is 0 Å². The van der Waals surface area contributed by atoms with Gasteiger partial charge in [0.15, 0.2) is 12.0 Å². The molecule has 0 atom stereocenters. The van der Waals surface area contributed by atoms with E-state index < -0.39 is 29.9 Å². The van der Waals surface area contributed by atoms with E-state index in [-0.39, 0.29) is 22.8 Å². The van der Waals surface area contributed by atoms with Crippen LogP contribution in [0.4, 0.5) is 4.79 Å². The molecular weight excluding hydrogens is 352 g/mol. The molecule has 2 rings (SSSR count). The van der Waals surface area contributed by atoms with Crippen LogP contribution in [-0.2, 0) is 9.53 Å². The number of rotatable bonds is 4. The molecule has 0 aliphatic carbocycles. The summed E-state index contributed by atoms with van der Waals surface area (Å²) in [4.78, 5) is 46.8. The molecule has 1 aromatic heterocycles.